The maximum Gasteiger partial charge on any atom is 0.333 e. The Morgan fingerprint density at radius 2 is 1.81 bits per heavy atom. The van der Waals surface area contributed by atoms with E-state index in [1.54, 1.807) is 13.0 Å². The third kappa shape index (κ3) is 4.89. The monoisotopic (exact) mass is 621 g/mol. The van der Waals surface area contributed by atoms with E-state index in [0.29, 0.717) is 27.9 Å². The van der Waals surface area contributed by atoms with Crippen molar-refractivity contribution in [1.29, 1.82) is 0 Å². The van der Waals surface area contributed by atoms with Crippen molar-refractivity contribution in [2.24, 2.45) is 0 Å². The van der Waals surface area contributed by atoms with Gasteiger partial charge in [-0.25, -0.2) is 22.2 Å². The van der Waals surface area contributed by atoms with Crippen LogP contribution in [0.4, 0.5) is 26.3 Å². The molecule has 43 heavy (non-hydrogen) atoms. The molecule has 0 unspecified atom stereocenters. The first-order chi connectivity index (χ1) is 20.3. The second kappa shape index (κ2) is 10.2. The standard InChI is InChI=1S/C29H22ClF6N5O2/c1-13-8-37-24(16-4-3-5-17(22(16)31)26(42)39-11-29(35,36)12-39)23(32)25(13)41-14(2)6-20(21(30)27(41)43)19-7-18(19)15-9-38-40(10-15)28(33)34/h3-6,8-10,18-19,28H,7,11-12H2,1-2H3/t18-,19+/m1/s1. The summed E-state index contributed by atoms with van der Waals surface area (Å²) in [6.07, 6.45) is 4.38. The van der Waals surface area contributed by atoms with Gasteiger partial charge in [-0.2, -0.15) is 13.9 Å². The molecule has 2 aliphatic rings. The van der Waals surface area contributed by atoms with Gasteiger partial charge in [-0.15, -0.1) is 0 Å². The molecule has 3 aromatic heterocycles. The van der Waals surface area contributed by atoms with Crippen LogP contribution in [0.1, 0.15) is 57.5 Å². The summed E-state index contributed by atoms with van der Waals surface area (Å²) >= 11 is 6.51. The highest BCUT2D eigenvalue weighted by atomic mass is 35.5. The number of amides is 1. The molecule has 4 heterocycles. The lowest BCUT2D eigenvalue weighted by molar-refractivity contribution is -0.113. The number of alkyl halides is 4. The summed E-state index contributed by atoms with van der Waals surface area (Å²) in [5.74, 6) is -6.63. The number of pyridine rings is 2. The van der Waals surface area contributed by atoms with Crippen molar-refractivity contribution in [2.45, 2.75) is 44.6 Å². The third-order valence-corrected chi connectivity index (χ3v) is 8.20. The Hall–Kier alpha value is -4.13. The van der Waals surface area contributed by atoms with E-state index in [1.807, 2.05) is 0 Å². The van der Waals surface area contributed by atoms with Crippen molar-refractivity contribution in [3.63, 3.8) is 0 Å². The topological polar surface area (TPSA) is 73.0 Å². The fourth-order valence-electron chi connectivity index (χ4n) is 5.57. The van der Waals surface area contributed by atoms with E-state index in [1.165, 1.54) is 37.6 Å². The Balaban J connectivity index is 1.37. The van der Waals surface area contributed by atoms with Gasteiger partial charge in [0.2, 0.25) is 0 Å². The van der Waals surface area contributed by atoms with Crippen LogP contribution in [0.25, 0.3) is 16.9 Å². The number of hydrogen-bond acceptors (Lipinski definition) is 4. The summed E-state index contributed by atoms with van der Waals surface area (Å²) < 4.78 is 85.8. The number of likely N-dealkylation sites (tertiary alicyclic amines) is 1. The molecule has 0 N–H and O–H groups in total. The zero-order valence-electron chi connectivity index (χ0n) is 22.6. The molecule has 4 aromatic rings. The van der Waals surface area contributed by atoms with Crippen molar-refractivity contribution < 1.29 is 31.1 Å². The number of halogens is 7. The van der Waals surface area contributed by atoms with Gasteiger partial charge in [0.05, 0.1) is 30.5 Å². The van der Waals surface area contributed by atoms with E-state index in [4.69, 9.17) is 11.6 Å². The van der Waals surface area contributed by atoms with Crippen molar-refractivity contribution in [2.75, 3.05) is 13.1 Å². The minimum absolute atomic E-state index is 0.175. The largest absolute Gasteiger partial charge is 0.333 e. The van der Waals surface area contributed by atoms with Gasteiger partial charge >= 0.3 is 6.55 Å². The van der Waals surface area contributed by atoms with Crippen molar-refractivity contribution >= 4 is 17.5 Å². The first-order valence-corrected chi connectivity index (χ1v) is 13.5. The van der Waals surface area contributed by atoms with Gasteiger partial charge in [0.25, 0.3) is 17.4 Å². The Kier molecular flexibility index (Phi) is 6.90. The SMILES string of the molecule is Cc1cnc(-c2cccc(C(=O)N3CC(F)(F)C3)c2F)c(F)c1-n1c(C)cc([C@H]2C[C@@H]2c2cnn(C(F)F)c2)c(Cl)c1=O. The van der Waals surface area contributed by atoms with E-state index < -0.39 is 65.5 Å². The number of benzene rings is 1. The van der Waals surface area contributed by atoms with Gasteiger partial charge in [0, 0.05) is 23.7 Å². The van der Waals surface area contributed by atoms with Crippen LogP contribution in [0, 0.1) is 25.5 Å². The average molecular weight is 622 g/mol. The summed E-state index contributed by atoms with van der Waals surface area (Å²) in [5.41, 5.74) is -0.782. The van der Waals surface area contributed by atoms with Crippen molar-refractivity contribution in [3.8, 4) is 16.9 Å². The van der Waals surface area contributed by atoms with Crippen LogP contribution in [-0.4, -0.2) is 49.2 Å². The zero-order valence-corrected chi connectivity index (χ0v) is 23.3. The van der Waals surface area contributed by atoms with Crippen LogP contribution >= 0.6 is 11.6 Å². The highest BCUT2D eigenvalue weighted by Crippen LogP contribution is 2.56. The molecule has 6 rings (SSSR count). The van der Waals surface area contributed by atoms with E-state index in [9.17, 15) is 27.2 Å². The van der Waals surface area contributed by atoms with E-state index in [-0.39, 0.29) is 28.1 Å². The highest BCUT2D eigenvalue weighted by Gasteiger charge is 2.47. The Morgan fingerprint density at radius 1 is 1.09 bits per heavy atom. The smallest absolute Gasteiger partial charge is 0.326 e. The highest BCUT2D eigenvalue weighted by molar-refractivity contribution is 6.31. The summed E-state index contributed by atoms with van der Waals surface area (Å²) in [5, 5.41) is 3.48. The summed E-state index contributed by atoms with van der Waals surface area (Å²) in [6, 6.07) is 5.20. The molecule has 1 aliphatic carbocycles. The Labute approximate surface area is 245 Å². The molecule has 1 saturated carbocycles. The lowest BCUT2D eigenvalue weighted by Crippen LogP contribution is -2.58. The second-order valence-electron chi connectivity index (χ2n) is 10.8. The zero-order chi connectivity index (χ0) is 31.0. The molecule has 224 valence electrons. The van der Waals surface area contributed by atoms with E-state index >= 15 is 8.78 Å². The average Bonchev–Trinajstić information content (AvgIpc) is 3.56. The maximum absolute atomic E-state index is 16.2. The molecule has 1 amide bonds. The molecule has 0 spiro atoms. The quantitative estimate of drug-likeness (QED) is 0.234. The molecular formula is C29H22ClF6N5O2. The van der Waals surface area contributed by atoms with E-state index in [2.05, 4.69) is 10.1 Å². The number of rotatable bonds is 6. The normalized spacial score (nSPS) is 19.1. The first kappa shape index (κ1) is 29.0. The van der Waals surface area contributed by atoms with Gasteiger partial charge in [0.1, 0.15) is 16.5 Å². The summed E-state index contributed by atoms with van der Waals surface area (Å²) in [4.78, 5) is 31.0. The van der Waals surface area contributed by atoms with Crippen LogP contribution in [-0.2, 0) is 0 Å². The fourth-order valence-corrected chi connectivity index (χ4v) is 5.85. The predicted octanol–water partition coefficient (Wildman–Crippen LogP) is 6.40. The lowest BCUT2D eigenvalue weighted by atomic mass is 10.0. The molecule has 1 saturated heterocycles. The number of nitrogens with zero attached hydrogens (tertiary/aromatic N) is 5. The molecule has 2 atom stereocenters. The van der Waals surface area contributed by atoms with Crippen LogP contribution in [0.15, 0.2) is 47.7 Å². The third-order valence-electron chi connectivity index (χ3n) is 7.82. The molecule has 0 radical (unpaired) electrons. The molecule has 0 bridgehead atoms. The molecule has 7 nitrogen and oxygen atoms in total. The van der Waals surface area contributed by atoms with Gasteiger partial charge in [0.15, 0.2) is 5.82 Å². The second-order valence-corrected chi connectivity index (χ2v) is 11.2. The molecule has 1 aliphatic heterocycles. The van der Waals surface area contributed by atoms with Gasteiger partial charge in [-0.3, -0.25) is 19.1 Å². The minimum Gasteiger partial charge on any atom is -0.326 e. The molecular weight excluding hydrogens is 600 g/mol. The number of aromatic nitrogens is 4. The molecule has 14 heteroatoms. The minimum atomic E-state index is -3.05. The number of hydrogen-bond donors (Lipinski definition) is 0. The van der Waals surface area contributed by atoms with Crippen molar-refractivity contribution in [1.82, 2.24) is 24.2 Å². The first-order valence-electron chi connectivity index (χ1n) is 13.1. The van der Waals surface area contributed by atoms with Crippen molar-refractivity contribution in [3.05, 3.63) is 97.8 Å². The number of carbonyl (C=O) groups excluding carboxylic acids is 1. The number of aryl methyl sites for hydroxylation is 2. The maximum atomic E-state index is 16.2. The molecule has 1 aromatic carbocycles. The lowest BCUT2D eigenvalue weighted by Gasteiger charge is -2.38. The van der Waals surface area contributed by atoms with Crippen LogP contribution in [0.3, 0.4) is 0 Å². The van der Waals surface area contributed by atoms with Crippen LogP contribution in [0.2, 0.25) is 5.02 Å². The Morgan fingerprint density at radius 3 is 2.47 bits per heavy atom. The van der Waals surface area contributed by atoms with Crippen LogP contribution < -0.4 is 5.56 Å². The van der Waals surface area contributed by atoms with Crippen LogP contribution in [0.5, 0.6) is 0 Å². The van der Waals surface area contributed by atoms with Gasteiger partial charge in [-0.1, -0.05) is 17.7 Å². The Bertz CT molecular complexity index is 1850. The summed E-state index contributed by atoms with van der Waals surface area (Å²) in [7, 11) is 0. The fraction of sp³-hybridized carbons (Fsp3) is 0.310. The van der Waals surface area contributed by atoms with Gasteiger partial charge < -0.3 is 4.90 Å². The van der Waals surface area contributed by atoms with E-state index in [0.717, 1.165) is 15.5 Å². The molecule has 2 fully saturated rings. The van der Waals surface area contributed by atoms with Gasteiger partial charge in [-0.05, 0) is 67.0 Å². The summed E-state index contributed by atoms with van der Waals surface area (Å²) in [6.45, 7) is -1.42. The predicted molar refractivity (Wildman–Crippen MR) is 144 cm³/mol. The number of carbonyl (C=O) groups is 1.